The molecule has 0 unspecified atom stereocenters. The summed E-state index contributed by atoms with van der Waals surface area (Å²) in [5, 5.41) is 12.8. The maximum Gasteiger partial charge on any atom is 0.365 e. The molecule has 0 amide bonds. The highest BCUT2D eigenvalue weighted by Gasteiger charge is 2.16. The van der Waals surface area contributed by atoms with Crippen LogP contribution < -0.4 is 4.74 Å². The molecule has 2 rings (SSSR count). The van der Waals surface area contributed by atoms with Crippen molar-refractivity contribution < 1.29 is 19.2 Å². The van der Waals surface area contributed by atoms with E-state index in [-0.39, 0.29) is 5.70 Å². The highest BCUT2D eigenvalue weighted by atomic mass is 16.7. The van der Waals surface area contributed by atoms with E-state index in [1.54, 1.807) is 24.4 Å². The third-order valence-corrected chi connectivity index (χ3v) is 5.16. The first-order valence-electron chi connectivity index (χ1n) is 12.5. The molecular weight excluding hydrogens is 480 g/mol. The summed E-state index contributed by atoms with van der Waals surface area (Å²) in [5.74, 6) is 0.604. The van der Waals surface area contributed by atoms with E-state index >= 15 is 0 Å². The number of rotatable bonds is 16. The number of carbonyl (C=O) groups is 1. The Hall–Kier alpha value is -4.46. The van der Waals surface area contributed by atoms with Crippen molar-refractivity contribution in [3.8, 4) is 5.75 Å². The van der Waals surface area contributed by atoms with Crippen LogP contribution in [-0.2, 0) is 14.5 Å². The molecule has 8 nitrogen and oxygen atoms in total. The number of ether oxygens (including phenoxy) is 1. The van der Waals surface area contributed by atoms with Gasteiger partial charge in [-0.3, -0.25) is 0 Å². The van der Waals surface area contributed by atoms with Crippen LogP contribution in [0.1, 0.15) is 45.1 Å². The zero-order chi connectivity index (χ0) is 27.6. The monoisotopic (exact) mass is 516 g/mol. The molecule has 38 heavy (non-hydrogen) atoms. The van der Waals surface area contributed by atoms with Crippen molar-refractivity contribution in [1.82, 2.24) is 5.17 Å². The average Bonchev–Trinajstić information content (AvgIpc) is 3.18. The van der Waals surface area contributed by atoms with E-state index in [0.29, 0.717) is 30.9 Å². The van der Waals surface area contributed by atoms with Crippen LogP contribution in [0.25, 0.3) is 5.76 Å². The number of allylic oxidation sites excluding steroid dienone is 6. The molecule has 0 atom stereocenters. The molecule has 0 spiro atoms. The largest absolute Gasteiger partial charge is 0.494 e. The number of hydrogen-bond donors (Lipinski definition) is 0. The minimum Gasteiger partial charge on any atom is -0.494 e. The molecule has 1 aliphatic carbocycles. The number of carbonyl (C=O) groups excluding carboxylic acids is 1. The van der Waals surface area contributed by atoms with Crippen LogP contribution in [0.5, 0.6) is 5.75 Å². The van der Waals surface area contributed by atoms with Gasteiger partial charge in [0.05, 0.1) is 30.6 Å². The SMILES string of the molecule is C=CC(=C)N(N=NC/C=C\C)OC(=O)C1=CC=C(/C=N/OC(=C)c2ccc(OCCCCC)cc2)CC=C1. The van der Waals surface area contributed by atoms with Crippen LogP contribution in [0, 0.1) is 0 Å². The maximum atomic E-state index is 12.7. The Morgan fingerprint density at radius 3 is 2.66 bits per heavy atom. The van der Waals surface area contributed by atoms with Crippen molar-refractivity contribution >= 4 is 17.9 Å². The van der Waals surface area contributed by atoms with Gasteiger partial charge in [0.15, 0.2) is 5.76 Å². The summed E-state index contributed by atoms with van der Waals surface area (Å²) in [6.07, 6.45) is 17.4. The van der Waals surface area contributed by atoms with Gasteiger partial charge in [-0.2, -0.15) is 5.11 Å². The van der Waals surface area contributed by atoms with Gasteiger partial charge < -0.3 is 14.4 Å². The van der Waals surface area contributed by atoms with E-state index in [9.17, 15) is 4.79 Å². The zero-order valence-electron chi connectivity index (χ0n) is 22.2. The number of oxime groups is 1. The first kappa shape index (κ1) is 29.8. The molecule has 0 bridgehead atoms. The van der Waals surface area contributed by atoms with Gasteiger partial charge in [-0.05, 0) is 67.0 Å². The van der Waals surface area contributed by atoms with Crippen LogP contribution in [0.2, 0.25) is 0 Å². The van der Waals surface area contributed by atoms with Gasteiger partial charge in [0, 0.05) is 5.56 Å². The summed E-state index contributed by atoms with van der Waals surface area (Å²) in [6, 6.07) is 7.54. The lowest BCUT2D eigenvalue weighted by Gasteiger charge is -2.16. The van der Waals surface area contributed by atoms with Gasteiger partial charge in [-0.15, -0.1) is 0 Å². The molecule has 0 saturated carbocycles. The summed E-state index contributed by atoms with van der Waals surface area (Å²) in [4.78, 5) is 23.4. The highest BCUT2D eigenvalue weighted by Crippen LogP contribution is 2.20. The fourth-order valence-corrected chi connectivity index (χ4v) is 2.95. The second kappa shape index (κ2) is 17.1. The van der Waals surface area contributed by atoms with Crippen molar-refractivity contribution in [2.75, 3.05) is 13.2 Å². The molecule has 0 radical (unpaired) electrons. The standard InChI is InChI=1S/C30H36N4O4/c1-6-9-11-22-36-29-19-17-27(18-20-29)25(5)37-32-23-26-13-12-14-28(16-15-26)30(35)38-34(24(4)8-3)33-31-21-10-7-2/h7-8,10,12,14-20,23H,3-6,9,11,13,21-22H2,1-2H3/b10-7-,32-23+,33-31?. The van der Waals surface area contributed by atoms with Crippen molar-refractivity contribution in [2.24, 2.45) is 15.5 Å². The van der Waals surface area contributed by atoms with Gasteiger partial charge in [0.2, 0.25) is 0 Å². The van der Waals surface area contributed by atoms with Gasteiger partial charge in [0.1, 0.15) is 5.75 Å². The summed E-state index contributed by atoms with van der Waals surface area (Å²) in [6.45, 7) is 16.4. The Labute approximate surface area is 225 Å². The quantitative estimate of drug-likeness (QED) is 0.0433. The van der Waals surface area contributed by atoms with E-state index in [1.165, 1.54) is 6.08 Å². The van der Waals surface area contributed by atoms with E-state index in [4.69, 9.17) is 14.4 Å². The van der Waals surface area contributed by atoms with Gasteiger partial charge >= 0.3 is 5.97 Å². The molecule has 0 fully saturated rings. The minimum absolute atomic E-state index is 0.274. The normalized spacial score (nSPS) is 13.2. The fourth-order valence-electron chi connectivity index (χ4n) is 2.95. The lowest BCUT2D eigenvalue weighted by atomic mass is 10.2. The predicted octanol–water partition coefficient (Wildman–Crippen LogP) is 7.44. The molecule has 1 aliphatic rings. The van der Waals surface area contributed by atoms with Crippen molar-refractivity contribution in [2.45, 2.75) is 39.5 Å². The van der Waals surface area contributed by atoms with Crippen LogP contribution in [0.4, 0.5) is 0 Å². The molecule has 0 aliphatic heterocycles. The molecule has 8 heteroatoms. The molecule has 200 valence electrons. The minimum atomic E-state index is -0.619. The van der Waals surface area contributed by atoms with E-state index in [0.717, 1.165) is 41.3 Å². The Kier molecular flexibility index (Phi) is 13.4. The highest BCUT2D eigenvalue weighted by molar-refractivity contribution is 5.92. The average molecular weight is 517 g/mol. The Bertz CT molecular complexity index is 1140. The van der Waals surface area contributed by atoms with Gasteiger partial charge in [0.25, 0.3) is 0 Å². The lowest BCUT2D eigenvalue weighted by Crippen LogP contribution is -2.21. The van der Waals surface area contributed by atoms with Crippen LogP contribution in [-0.4, -0.2) is 30.5 Å². The first-order valence-corrected chi connectivity index (χ1v) is 12.5. The molecule has 0 aromatic heterocycles. The summed E-state index contributed by atoms with van der Waals surface area (Å²) in [7, 11) is 0. The topological polar surface area (TPSA) is 85.1 Å². The zero-order valence-corrected chi connectivity index (χ0v) is 22.2. The molecule has 1 aromatic rings. The number of hydrogen-bond acceptors (Lipinski definition) is 7. The lowest BCUT2D eigenvalue weighted by molar-refractivity contribution is -0.176. The molecule has 0 saturated heterocycles. The summed E-state index contributed by atoms with van der Waals surface area (Å²) in [5.41, 5.74) is 2.22. The van der Waals surface area contributed by atoms with Gasteiger partial charge in [-0.1, -0.05) is 80.2 Å². The number of hydroxylamine groups is 1. The number of nitrogens with zero attached hydrogens (tertiary/aromatic N) is 4. The van der Waals surface area contributed by atoms with Crippen molar-refractivity contribution in [1.29, 1.82) is 0 Å². The second-order valence-electron chi connectivity index (χ2n) is 8.13. The van der Waals surface area contributed by atoms with Crippen LogP contribution in [0.3, 0.4) is 0 Å². The number of benzene rings is 1. The second-order valence-corrected chi connectivity index (χ2v) is 8.13. The fraction of sp³-hybridized carbons (Fsp3) is 0.267. The van der Waals surface area contributed by atoms with Crippen molar-refractivity contribution in [3.63, 3.8) is 0 Å². The van der Waals surface area contributed by atoms with Crippen LogP contribution in [0.15, 0.2) is 119 Å². The summed E-state index contributed by atoms with van der Waals surface area (Å²) < 4.78 is 5.73. The number of unbranched alkanes of at least 4 members (excludes halogenated alkanes) is 2. The first-order chi connectivity index (χ1) is 18.5. The predicted molar refractivity (Wildman–Crippen MR) is 152 cm³/mol. The van der Waals surface area contributed by atoms with E-state index in [2.05, 4.69) is 42.2 Å². The third-order valence-electron chi connectivity index (χ3n) is 5.16. The molecule has 1 aromatic carbocycles. The van der Waals surface area contributed by atoms with Crippen molar-refractivity contribution in [3.05, 3.63) is 109 Å². The third kappa shape index (κ3) is 10.7. The molecule has 0 heterocycles. The summed E-state index contributed by atoms with van der Waals surface area (Å²) >= 11 is 0. The smallest absolute Gasteiger partial charge is 0.365 e. The van der Waals surface area contributed by atoms with Crippen LogP contribution >= 0.6 is 0 Å². The van der Waals surface area contributed by atoms with Gasteiger partial charge in [-0.25, -0.2) is 4.79 Å². The maximum absolute atomic E-state index is 12.7. The Morgan fingerprint density at radius 2 is 1.95 bits per heavy atom. The van der Waals surface area contributed by atoms with E-state index < -0.39 is 5.97 Å². The van der Waals surface area contributed by atoms with E-state index in [1.807, 2.05) is 49.4 Å². The Morgan fingerprint density at radius 1 is 1.16 bits per heavy atom. The molecule has 0 N–H and O–H groups in total. The molecular formula is C30H36N4O4. The Balaban J connectivity index is 1.93.